The molecule has 0 spiro atoms. The van der Waals surface area contributed by atoms with Crippen LogP contribution in [-0.2, 0) is 18.2 Å². The average molecular weight is 389 g/mol. The number of nitrogens with zero attached hydrogens (tertiary/aromatic N) is 4. The Balaban J connectivity index is 1.47. The Morgan fingerprint density at radius 1 is 1.39 bits per heavy atom. The SMILES string of the molecule is CC(C)Cc1cc(C(=O)NCC[C@H]2CN(c3cnn(C)c(=O)c3)CCO2)no1. The molecule has 1 atom stereocenters. The van der Waals surface area contributed by atoms with Gasteiger partial charge in [-0.25, -0.2) is 4.68 Å². The second kappa shape index (κ2) is 9.01. The van der Waals surface area contributed by atoms with Crippen molar-refractivity contribution in [3.63, 3.8) is 0 Å². The molecule has 1 saturated heterocycles. The maximum atomic E-state index is 12.2. The molecule has 3 heterocycles. The lowest BCUT2D eigenvalue weighted by Gasteiger charge is -2.34. The lowest BCUT2D eigenvalue weighted by molar-refractivity contribution is 0.0353. The largest absolute Gasteiger partial charge is 0.374 e. The summed E-state index contributed by atoms with van der Waals surface area (Å²) in [5.41, 5.74) is 0.950. The first kappa shape index (κ1) is 20.1. The van der Waals surface area contributed by atoms with Gasteiger partial charge in [-0.05, 0) is 12.3 Å². The van der Waals surface area contributed by atoms with Crippen LogP contribution in [0.1, 0.15) is 36.5 Å². The maximum absolute atomic E-state index is 12.2. The van der Waals surface area contributed by atoms with Crippen molar-refractivity contribution in [1.82, 2.24) is 20.3 Å². The number of hydrogen-bond donors (Lipinski definition) is 1. The molecule has 0 unspecified atom stereocenters. The number of anilines is 1. The van der Waals surface area contributed by atoms with Crippen molar-refractivity contribution >= 4 is 11.6 Å². The van der Waals surface area contributed by atoms with Crippen LogP contribution in [0.4, 0.5) is 5.69 Å². The lowest BCUT2D eigenvalue weighted by Crippen LogP contribution is -2.44. The van der Waals surface area contributed by atoms with E-state index in [0.29, 0.717) is 50.0 Å². The summed E-state index contributed by atoms with van der Waals surface area (Å²) in [6.07, 6.45) is 3.07. The molecule has 2 aromatic heterocycles. The molecule has 0 aliphatic carbocycles. The van der Waals surface area contributed by atoms with Gasteiger partial charge in [0.05, 0.1) is 24.6 Å². The smallest absolute Gasteiger partial charge is 0.273 e. The third kappa shape index (κ3) is 5.19. The van der Waals surface area contributed by atoms with E-state index in [1.165, 1.54) is 4.68 Å². The zero-order chi connectivity index (χ0) is 20.1. The first-order chi connectivity index (χ1) is 13.4. The van der Waals surface area contributed by atoms with E-state index in [1.807, 2.05) is 0 Å². The first-order valence-electron chi connectivity index (χ1n) is 9.56. The van der Waals surface area contributed by atoms with Crippen LogP contribution in [-0.4, -0.2) is 53.2 Å². The fourth-order valence-corrected chi connectivity index (χ4v) is 3.12. The van der Waals surface area contributed by atoms with E-state index < -0.39 is 0 Å². The second-order valence-electron chi connectivity index (χ2n) is 7.44. The molecule has 2 aromatic rings. The third-order valence-electron chi connectivity index (χ3n) is 4.61. The molecule has 1 aliphatic heterocycles. The molecule has 0 radical (unpaired) electrons. The summed E-state index contributed by atoms with van der Waals surface area (Å²) in [7, 11) is 1.62. The van der Waals surface area contributed by atoms with Gasteiger partial charge in [-0.1, -0.05) is 19.0 Å². The predicted molar refractivity (Wildman–Crippen MR) is 103 cm³/mol. The molecule has 0 aromatic carbocycles. The van der Waals surface area contributed by atoms with Crippen molar-refractivity contribution < 1.29 is 14.1 Å². The maximum Gasteiger partial charge on any atom is 0.273 e. The van der Waals surface area contributed by atoms with Crippen LogP contribution in [0.15, 0.2) is 27.6 Å². The van der Waals surface area contributed by atoms with Crippen molar-refractivity contribution in [2.75, 3.05) is 31.1 Å². The standard InChI is InChI=1S/C19H27N5O4/c1-13(2)8-16-10-17(22-28-16)19(26)20-5-4-15-12-24(6-7-27-15)14-9-18(25)23(3)21-11-14/h9-11,13,15H,4-8,12H2,1-3H3,(H,20,26)/t15-/m0/s1. The fourth-order valence-electron chi connectivity index (χ4n) is 3.12. The minimum absolute atomic E-state index is 0.0353. The predicted octanol–water partition coefficient (Wildman–Crippen LogP) is 0.992. The molecule has 152 valence electrons. The van der Waals surface area contributed by atoms with Crippen LogP contribution in [0, 0.1) is 5.92 Å². The lowest BCUT2D eigenvalue weighted by atomic mass is 10.1. The van der Waals surface area contributed by atoms with Gasteiger partial charge in [0.15, 0.2) is 5.69 Å². The van der Waals surface area contributed by atoms with Crippen LogP contribution in [0.25, 0.3) is 0 Å². The minimum Gasteiger partial charge on any atom is -0.374 e. The molecule has 1 aliphatic rings. The van der Waals surface area contributed by atoms with Gasteiger partial charge in [-0.15, -0.1) is 0 Å². The summed E-state index contributed by atoms with van der Waals surface area (Å²) in [5, 5.41) is 10.8. The highest BCUT2D eigenvalue weighted by Gasteiger charge is 2.22. The number of morpholine rings is 1. The number of nitrogens with one attached hydrogen (secondary N) is 1. The Bertz CT molecular complexity index is 860. The monoisotopic (exact) mass is 389 g/mol. The van der Waals surface area contributed by atoms with Crippen LogP contribution in [0.5, 0.6) is 0 Å². The third-order valence-corrected chi connectivity index (χ3v) is 4.61. The molecular weight excluding hydrogens is 362 g/mol. The van der Waals surface area contributed by atoms with Crippen LogP contribution in [0.2, 0.25) is 0 Å². The number of aryl methyl sites for hydroxylation is 1. The zero-order valence-corrected chi connectivity index (χ0v) is 16.6. The van der Waals surface area contributed by atoms with Crippen molar-refractivity contribution in [2.45, 2.75) is 32.8 Å². The summed E-state index contributed by atoms with van der Waals surface area (Å²) in [6, 6.07) is 3.27. The van der Waals surface area contributed by atoms with Gasteiger partial charge < -0.3 is 19.5 Å². The molecule has 0 bridgehead atoms. The van der Waals surface area contributed by atoms with Crippen molar-refractivity contribution in [2.24, 2.45) is 13.0 Å². The Morgan fingerprint density at radius 2 is 2.21 bits per heavy atom. The minimum atomic E-state index is -0.248. The molecule has 3 rings (SSSR count). The summed E-state index contributed by atoms with van der Waals surface area (Å²) in [4.78, 5) is 26.1. The van der Waals surface area contributed by atoms with E-state index in [2.05, 4.69) is 34.3 Å². The number of carbonyl (C=O) groups excluding carboxylic acids is 1. The number of carbonyl (C=O) groups is 1. The summed E-state index contributed by atoms with van der Waals surface area (Å²) in [6.45, 7) is 6.55. The van der Waals surface area contributed by atoms with Crippen LogP contribution < -0.4 is 15.8 Å². The Hall–Kier alpha value is -2.68. The van der Waals surface area contributed by atoms with E-state index in [0.717, 1.165) is 12.1 Å². The highest BCUT2D eigenvalue weighted by molar-refractivity contribution is 5.92. The molecule has 1 fully saturated rings. The van der Waals surface area contributed by atoms with Gasteiger partial charge in [-0.2, -0.15) is 5.10 Å². The van der Waals surface area contributed by atoms with Gasteiger partial charge in [0.2, 0.25) is 0 Å². The number of hydrogen-bond acceptors (Lipinski definition) is 7. The second-order valence-corrected chi connectivity index (χ2v) is 7.44. The van der Waals surface area contributed by atoms with Gasteiger partial charge in [-0.3, -0.25) is 9.59 Å². The normalized spacial score (nSPS) is 17.1. The van der Waals surface area contributed by atoms with Crippen LogP contribution >= 0.6 is 0 Å². The number of aromatic nitrogens is 3. The molecule has 9 nitrogen and oxygen atoms in total. The quantitative estimate of drug-likeness (QED) is 0.753. The van der Waals surface area contributed by atoms with Crippen molar-refractivity contribution in [3.8, 4) is 0 Å². The molecule has 1 N–H and O–H groups in total. The molecule has 9 heteroatoms. The Labute approximate surface area is 163 Å². The van der Waals surface area contributed by atoms with Crippen LogP contribution in [0.3, 0.4) is 0 Å². The van der Waals surface area contributed by atoms with Crippen molar-refractivity contribution in [3.05, 3.63) is 40.1 Å². The van der Waals surface area contributed by atoms with E-state index in [1.54, 1.807) is 25.4 Å². The van der Waals surface area contributed by atoms with Gasteiger partial charge in [0.25, 0.3) is 11.5 Å². The fraction of sp³-hybridized carbons (Fsp3) is 0.579. The zero-order valence-electron chi connectivity index (χ0n) is 16.6. The number of amides is 1. The topological polar surface area (TPSA) is 102 Å². The number of rotatable bonds is 7. The summed E-state index contributed by atoms with van der Waals surface area (Å²) < 4.78 is 12.3. The van der Waals surface area contributed by atoms with Crippen molar-refractivity contribution in [1.29, 1.82) is 0 Å². The van der Waals surface area contributed by atoms with Gasteiger partial charge >= 0.3 is 0 Å². The van der Waals surface area contributed by atoms with E-state index in [-0.39, 0.29) is 17.6 Å². The average Bonchev–Trinajstić information content (AvgIpc) is 3.12. The van der Waals surface area contributed by atoms with Gasteiger partial charge in [0.1, 0.15) is 5.76 Å². The molecule has 1 amide bonds. The molecular formula is C19H27N5O4. The highest BCUT2D eigenvalue weighted by Crippen LogP contribution is 2.16. The Morgan fingerprint density at radius 3 is 2.96 bits per heavy atom. The molecule has 0 saturated carbocycles. The highest BCUT2D eigenvalue weighted by atomic mass is 16.5. The van der Waals surface area contributed by atoms with E-state index in [4.69, 9.17) is 9.26 Å². The van der Waals surface area contributed by atoms with E-state index in [9.17, 15) is 9.59 Å². The molecule has 28 heavy (non-hydrogen) atoms. The first-order valence-corrected chi connectivity index (χ1v) is 9.56. The summed E-state index contributed by atoms with van der Waals surface area (Å²) >= 11 is 0. The van der Waals surface area contributed by atoms with Gasteiger partial charge in [0, 0.05) is 45.2 Å². The Kier molecular flexibility index (Phi) is 6.45. The van der Waals surface area contributed by atoms with E-state index >= 15 is 0 Å². The number of ether oxygens (including phenoxy) is 1. The summed E-state index contributed by atoms with van der Waals surface area (Å²) in [5.74, 6) is 0.909.